The normalized spacial score (nSPS) is 10.4. The number of carboxylic acid groups (broad SMARTS) is 1. The lowest BCUT2D eigenvalue weighted by Crippen LogP contribution is -2.30. The highest BCUT2D eigenvalue weighted by molar-refractivity contribution is 5.89. The van der Waals surface area contributed by atoms with Gasteiger partial charge in [0.05, 0.1) is 7.11 Å². The Bertz CT molecular complexity index is 774. The summed E-state index contributed by atoms with van der Waals surface area (Å²) >= 11 is 0. The van der Waals surface area contributed by atoms with Gasteiger partial charge in [0.2, 0.25) is 5.91 Å². The van der Waals surface area contributed by atoms with Crippen molar-refractivity contribution in [3.63, 3.8) is 0 Å². The van der Waals surface area contributed by atoms with Crippen LogP contribution in [-0.4, -0.2) is 43.0 Å². The summed E-state index contributed by atoms with van der Waals surface area (Å²) in [5.74, 6) is -0.206. The zero-order chi connectivity index (χ0) is 23.6. The topological polar surface area (TPSA) is 171 Å². The second kappa shape index (κ2) is 16.5. The number of carbonyl (C=O) groups is 3. The third-order valence-electron chi connectivity index (χ3n) is 3.82. The van der Waals surface area contributed by atoms with Crippen molar-refractivity contribution in [2.45, 2.75) is 32.4 Å². The molecule has 0 unspecified atom stereocenters. The van der Waals surface area contributed by atoms with Crippen LogP contribution < -0.4 is 27.3 Å². The zero-order valence-electron chi connectivity index (χ0n) is 17.9. The lowest BCUT2D eigenvalue weighted by molar-refractivity contribution is -0.138. The van der Waals surface area contributed by atoms with E-state index in [1.165, 1.54) is 6.92 Å². The Morgan fingerprint density at radius 3 is 2.16 bits per heavy atom. The van der Waals surface area contributed by atoms with Crippen LogP contribution >= 0.6 is 0 Å². The molecule has 0 aromatic heterocycles. The van der Waals surface area contributed by atoms with Gasteiger partial charge < -0.3 is 32.4 Å². The van der Waals surface area contributed by atoms with Crippen molar-refractivity contribution in [1.29, 1.82) is 0 Å². The first kappa shape index (κ1) is 27.7. The van der Waals surface area contributed by atoms with Gasteiger partial charge in [-0.3, -0.25) is 14.4 Å². The van der Waals surface area contributed by atoms with Crippen molar-refractivity contribution in [1.82, 2.24) is 0 Å². The summed E-state index contributed by atoms with van der Waals surface area (Å²) < 4.78 is 5.06. The third-order valence-corrected chi connectivity index (χ3v) is 3.82. The van der Waals surface area contributed by atoms with Crippen molar-refractivity contribution in [2.75, 3.05) is 19.0 Å². The van der Waals surface area contributed by atoms with Crippen LogP contribution in [0.4, 0.5) is 5.69 Å². The van der Waals surface area contributed by atoms with Crippen molar-refractivity contribution in [2.24, 2.45) is 17.2 Å². The summed E-state index contributed by atoms with van der Waals surface area (Å²) in [6.07, 6.45) is 1.90. The second-order valence-corrected chi connectivity index (χ2v) is 6.31. The average Bonchev–Trinajstić information content (AvgIpc) is 2.78. The Morgan fingerprint density at radius 2 is 1.74 bits per heavy atom. The Kier molecular flexibility index (Phi) is 14.8. The van der Waals surface area contributed by atoms with Gasteiger partial charge in [-0.1, -0.05) is 18.2 Å². The fourth-order valence-electron chi connectivity index (χ4n) is 2.18. The summed E-state index contributed by atoms with van der Waals surface area (Å²) in [6, 6.07) is 13.7. The first-order valence-electron chi connectivity index (χ1n) is 9.62. The van der Waals surface area contributed by atoms with Gasteiger partial charge in [-0.15, -0.1) is 0 Å². The number of ether oxygens (including phenoxy) is 1. The van der Waals surface area contributed by atoms with Crippen LogP contribution in [0.15, 0.2) is 48.5 Å². The highest BCUT2D eigenvalue weighted by Crippen LogP contribution is 2.15. The van der Waals surface area contributed by atoms with Crippen molar-refractivity contribution in [3.05, 3.63) is 59.7 Å². The SMILES string of the molecule is CC(=O)Nc1ccc(C=O)cc1.COc1ccccc1CN.NCCC[C@H](N)C(=O)O. The maximum atomic E-state index is 10.6. The van der Waals surface area contributed by atoms with Crippen LogP contribution in [0.2, 0.25) is 0 Å². The Hall–Kier alpha value is -3.27. The summed E-state index contributed by atoms with van der Waals surface area (Å²) in [5, 5.41) is 10.8. The van der Waals surface area contributed by atoms with Gasteiger partial charge in [0.25, 0.3) is 0 Å². The molecule has 1 atom stereocenters. The van der Waals surface area contributed by atoms with Gasteiger partial charge in [-0.2, -0.15) is 0 Å². The Labute approximate surface area is 182 Å². The number of aldehydes is 1. The molecule has 31 heavy (non-hydrogen) atoms. The molecule has 9 nitrogen and oxygen atoms in total. The second-order valence-electron chi connectivity index (χ2n) is 6.31. The molecule has 0 radical (unpaired) electrons. The van der Waals surface area contributed by atoms with E-state index >= 15 is 0 Å². The lowest BCUT2D eigenvalue weighted by Gasteiger charge is -2.03. The average molecular weight is 433 g/mol. The molecule has 0 spiro atoms. The van der Waals surface area contributed by atoms with Crippen LogP contribution in [0.1, 0.15) is 35.7 Å². The number of nitrogens with two attached hydrogens (primary N) is 3. The van der Waals surface area contributed by atoms with Crippen LogP contribution in [-0.2, 0) is 16.1 Å². The predicted molar refractivity (Wildman–Crippen MR) is 121 cm³/mol. The number of hydrogen-bond donors (Lipinski definition) is 5. The monoisotopic (exact) mass is 432 g/mol. The number of hydrogen-bond acceptors (Lipinski definition) is 7. The number of methoxy groups -OCH3 is 1. The number of anilines is 1. The number of nitrogens with one attached hydrogen (secondary N) is 1. The van der Waals surface area contributed by atoms with Gasteiger partial charge in [-0.25, -0.2) is 0 Å². The molecular formula is C22H32N4O5. The molecule has 0 bridgehead atoms. The molecule has 0 heterocycles. The number of benzene rings is 2. The van der Waals surface area contributed by atoms with E-state index in [1.54, 1.807) is 31.4 Å². The van der Waals surface area contributed by atoms with E-state index in [0.717, 1.165) is 17.6 Å². The van der Waals surface area contributed by atoms with E-state index < -0.39 is 12.0 Å². The van der Waals surface area contributed by atoms with Crippen LogP contribution in [0.25, 0.3) is 0 Å². The third kappa shape index (κ3) is 12.8. The number of aliphatic carboxylic acids is 1. The standard InChI is InChI=1S/C9H9NO2.C8H11NO.C5H12N2O2/c1-7(12)10-9-4-2-8(6-11)3-5-9;1-10-8-5-3-2-4-7(8)6-9;6-3-1-2-4(7)5(8)9/h2-6H,1H3,(H,10,12);2-5H,6,9H2,1H3;4H,1-3,6-7H2,(H,8,9)/t;;4-/m..0/s1. The molecule has 0 aliphatic heterocycles. The Balaban J connectivity index is 0.000000441. The molecule has 2 rings (SSSR count). The molecule has 9 heteroatoms. The van der Waals surface area contributed by atoms with E-state index in [4.69, 9.17) is 27.0 Å². The van der Waals surface area contributed by atoms with E-state index in [2.05, 4.69) is 5.32 Å². The van der Waals surface area contributed by atoms with Crippen molar-refractivity contribution >= 4 is 23.9 Å². The molecule has 0 saturated heterocycles. The van der Waals surface area contributed by atoms with E-state index in [-0.39, 0.29) is 5.91 Å². The molecule has 0 saturated carbocycles. The molecule has 8 N–H and O–H groups in total. The molecule has 2 aromatic rings. The van der Waals surface area contributed by atoms with E-state index in [9.17, 15) is 14.4 Å². The highest BCUT2D eigenvalue weighted by atomic mass is 16.5. The molecular weight excluding hydrogens is 400 g/mol. The van der Waals surface area contributed by atoms with E-state index in [1.807, 2.05) is 24.3 Å². The number of amides is 1. The number of carbonyl (C=O) groups excluding carboxylic acids is 2. The fraction of sp³-hybridized carbons (Fsp3) is 0.318. The quantitative estimate of drug-likeness (QED) is 0.393. The van der Waals surface area contributed by atoms with Crippen molar-refractivity contribution in [3.8, 4) is 5.75 Å². The zero-order valence-corrected chi connectivity index (χ0v) is 17.9. The van der Waals surface area contributed by atoms with Crippen LogP contribution in [0, 0.1) is 0 Å². The van der Waals surface area contributed by atoms with Gasteiger partial charge in [0.1, 0.15) is 18.1 Å². The van der Waals surface area contributed by atoms with E-state index in [0.29, 0.717) is 37.2 Å². The van der Waals surface area contributed by atoms with Crippen LogP contribution in [0.3, 0.4) is 0 Å². The number of carboxylic acids is 1. The maximum absolute atomic E-state index is 10.6. The molecule has 0 aliphatic carbocycles. The molecule has 1 amide bonds. The van der Waals surface area contributed by atoms with Gasteiger partial charge >= 0.3 is 5.97 Å². The largest absolute Gasteiger partial charge is 0.496 e. The van der Waals surface area contributed by atoms with Crippen molar-refractivity contribution < 1.29 is 24.2 Å². The van der Waals surface area contributed by atoms with Gasteiger partial charge in [0.15, 0.2) is 0 Å². The Morgan fingerprint density at radius 1 is 1.13 bits per heavy atom. The fourth-order valence-corrected chi connectivity index (χ4v) is 2.18. The maximum Gasteiger partial charge on any atom is 0.320 e. The van der Waals surface area contributed by atoms with Gasteiger partial charge in [-0.05, 0) is 49.7 Å². The molecule has 2 aromatic carbocycles. The summed E-state index contributed by atoms with van der Waals surface area (Å²) in [7, 11) is 1.65. The predicted octanol–water partition coefficient (Wildman–Crippen LogP) is 1.75. The molecule has 0 aliphatic rings. The summed E-state index contributed by atoms with van der Waals surface area (Å²) in [5.41, 5.74) is 18.1. The molecule has 170 valence electrons. The minimum atomic E-state index is -0.955. The van der Waals surface area contributed by atoms with Gasteiger partial charge in [0, 0.05) is 30.3 Å². The minimum absolute atomic E-state index is 0.117. The lowest BCUT2D eigenvalue weighted by atomic mass is 10.2. The van der Waals surface area contributed by atoms with Crippen LogP contribution in [0.5, 0.6) is 5.75 Å². The summed E-state index contributed by atoms with van der Waals surface area (Å²) in [4.78, 5) is 30.9. The number of para-hydroxylation sites is 1. The number of rotatable bonds is 8. The minimum Gasteiger partial charge on any atom is -0.496 e. The first-order valence-corrected chi connectivity index (χ1v) is 9.62. The highest BCUT2D eigenvalue weighted by Gasteiger charge is 2.08. The first-order chi connectivity index (χ1) is 14.8. The smallest absolute Gasteiger partial charge is 0.320 e. The molecule has 0 fully saturated rings. The summed E-state index contributed by atoms with van der Waals surface area (Å²) in [6.45, 7) is 2.47.